The molecule has 0 amide bonds. The molecule has 4 nitrogen and oxygen atoms in total. The number of rotatable bonds is 6. The van der Waals surface area contributed by atoms with Crippen molar-refractivity contribution in [2.45, 2.75) is 32.4 Å². The number of ether oxygens (including phenoxy) is 1. The summed E-state index contributed by atoms with van der Waals surface area (Å²) in [5.41, 5.74) is 1.13. The average molecular weight is 272 g/mol. The van der Waals surface area contributed by atoms with E-state index in [9.17, 15) is 0 Å². The second-order valence-electron chi connectivity index (χ2n) is 5.44. The summed E-state index contributed by atoms with van der Waals surface area (Å²) in [5.74, 6) is 4.21. The maximum Gasteiger partial charge on any atom is 0.212 e. The molecule has 1 aliphatic rings. The number of furan rings is 1. The molecule has 0 aliphatic heterocycles. The van der Waals surface area contributed by atoms with Gasteiger partial charge in [0.15, 0.2) is 0 Å². The third-order valence-corrected chi connectivity index (χ3v) is 3.79. The number of methoxy groups -OCH3 is 1. The fourth-order valence-corrected chi connectivity index (χ4v) is 2.37. The van der Waals surface area contributed by atoms with Crippen LogP contribution in [0.3, 0.4) is 0 Å². The summed E-state index contributed by atoms with van der Waals surface area (Å²) in [6.07, 6.45) is 3.09. The van der Waals surface area contributed by atoms with Crippen LogP contribution >= 0.6 is 0 Å². The predicted octanol–water partition coefficient (Wildman–Crippen LogP) is 3.10. The van der Waals surface area contributed by atoms with Gasteiger partial charge < -0.3 is 14.5 Å². The molecule has 4 heteroatoms. The van der Waals surface area contributed by atoms with E-state index in [0.717, 1.165) is 36.1 Å². The Bertz CT molecular complexity index is 562. The van der Waals surface area contributed by atoms with Gasteiger partial charge in [-0.1, -0.05) is 13.0 Å². The zero-order valence-electron chi connectivity index (χ0n) is 11.9. The van der Waals surface area contributed by atoms with Crippen molar-refractivity contribution in [2.24, 2.45) is 5.92 Å². The van der Waals surface area contributed by atoms with Crippen molar-refractivity contribution in [3.63, 3.8) is 0 Å². The molecule has 3 rings (SSSR count). The van der Waals surface area contributed by atoms with Crippen molar-refractivity contribution in [1.29, 1.82) is 0 Å². The lowest BCUT2D eigenvalue weighted by molar-refractivity contribution is 0.397. The normalized spacial score (nSPS) is 20.9. The molecule has 0 radical (unpaired) electrons. The standard InChI is InChI=1S/C16H20N2O2/c1-11-7-14(11)15-5-4-13(20-15)10-17-8-12-3-6-16(19-2)18-9-12/h3-6,9,11,14,17H,7-8,10H2,1-2H3. The quantitative estimate of drug-likeness (QED) is 0.877. The minimum absolute atomic E-state index is 0.642. The molecule has 2 aromatic rings. The Balaban J connectivity index is 1.48. The summed E-state index contributed by atoms with van der Waals surface area (Å²) >= 11 is 0. The fourth-order valence-electron chi connectivity index (χ4n) is 2.37. The lowest BCUT2D eigenvalue weighted by Gasteiger charge is -2.04. The Labute approximate surface area is 119 Å². The maximum absolute atomic E-state index is 5.85. The molecule has 2 atom stereocenters. The molecular formula is C16H20N2O2. The maximum atomic E-state index is 5.85. The molecule has 20 heavy (non-hydrogen) atoms. The van der Waals surface area contributed by atoms with Crippen molar-refractivity contribution >= 4 is 0 Å². The summed E-state index contributed by atoms with van der Waals surface area (Å²) in [6.45, 7) is 3.78. The van der Waals surface area contributed by atoms with Crippen LogP contribution < -0.4 is 10.1 Å². The second kappa shape index (κ2) is 5.67. The van der Waals surface area contributed by atoms with Crippen LogP contribution in [-0.2, 0) is 13.1 Å². The van der Waals surface area contributed by atoms with Crippen LogP contribution in [0.1, 0.15) is 36.3 Å². The van der Waals surface area contributed by atoms with Gasteiger partial charge >= 0.3 is 0 Å². The molecule has 0 aromatic carbocycles. The topological polar surface area (TPSA) is 47.3 Å². The fraction of sp³-hybridized carbons (Fsp3) is 0.438. The van der Waals surface area contributed by atoms with Crippen molar-refractivity contribution in [1.82, 2.24) is 10.3 Å². The minimum atomic E-state index is 0.642. The zero-order valence-corrected chi connectivity index (χ0v) is 11.9. The highest BCUT2D eigenvalue weighted by Crippen LogP contribution is 2.47. The van der Waals surface area contributed by atoms with Crippen molar-refractivity contribution in [3.05, 3.63) is 47.5 Å². The molecule has 1 saturated carbocycles. The van der Waals surface area contributed by atoms with E-state index in [0.29, 0.717) is 11.8 Å². The van der Waals surface area contributed by atoms with Crippen LogP contribution in [0.2, 0.25) is 0 Å². The van der Waals surface area contributed by atoms with Crippen LogP contribution in [0.15, 0.2) is 34.9 Å². The van der Waals surface area contributed by atoms with Crippen LogP contribution in [0.25, 0.3) is 0 Å². The van der Waals surface area contributed by atoms with Gasteiger partial charge in [0.2, 0.25) is 5.88 Å². The second-order valence-corrected chi connectivity index (χ2v) is 5.44. The molecule has 0 saturated heterocycles. The summed E-state index contributed by atoms with van der Waals surface area (Å²) in [6, 6.07) is 8.06. The first-order valence-corrected chi connectivity index (χ1v) is 7.04. The van der Waals surface area contributed by atoms with Gasteiger partial charge in [-0.25, -0.2) is 4.98 Å². The first-order chi connectivity index (χ1) is 9.76. The Morgan fingerprint density at radius 1 is 1.30 bits per heavy atom. The van der Waals surface area contributed by atoms with E-state index >= 15 is 0 Å². The molecule has 2 heterocycles. The molecular weight excluding hydrogens is 252 g/mol. The van der Waals surface area contributed by atoms with E-state index in [1.807, 2.05) is 18.3 Å². The lowest BCUT2D eigenvalue weighted by Crippen LogP contribution is -2.12. The first-order valence-electron chi connectivity index (χ1n) is 7.04. The van der Waals surface area contributed by atoms with Gasteiger partial charge in [-0.3, -0.25) is 0 Å². The highest BCUT2D eigenvalue weighted by Gasteiger charge is 2.36. The Hall–Kier alpha value is -1.81. The molecule has 0 bridgehead atoms. The molecule has 106 valence electrons. The summed E-state index contributed by atoms with van der Waals surface area (Å²) in [4.78, 5) is 4.18. The van der Waals surface area contributed by atoms with E-state index in [-0.39, 0.29) is 0 Å². The number of aromatic nitrogens is 1. The third kappa shape index (κ3) is 3.02. The van der Waals surface area contributed by atoms with Gasteiger partial charge in [-0.2, -0.15) is 0 Å². The summed E-state index contributed by atoms with van der Waals surface area (Å²) in [5, 5.41) is 3.36. The molecule has 1 N–H and O–H groups in total. The molecule has 1 fully saturated rings. The third-order valence-electron chi connectivity index (χ3n) is 3.79. The van der Waals surface area contributed by atoms with Crippen molar-refractivity contribution in [2.75, 3.05) is 7.11 Å². The zero-order chi connectivity index (χ0) is 13.9. The number of nitrogens with one attached hydrogen (secondary N) is 1. The van der Waals surface area contributed by atoms with Gasteiger partial charge in [-0.15, -0.1) is 0 Å². The monoisotopic (exact) mass is 272 g/mol. The van der Waals surface area contributed by atoms with Crippen LogP contribution in [-0.4, -0.2) is 12.1 Å². The van der Waals surface area contributed by atoms with Gasteiger partial charge in [0.1, 0.15) is 11.5 Å². The van der Waals surface area contributed by atoms with E-state index in [1.165, 1.54) is 6.42 Å². The van der Waals surface area contributed by atoms with E-state index in [4.69, 9.17) is 9.15 Å². The number of pyridine rings is 1. The van der Waals surface area contributed by atoms with Crippen molar-refractivity contribution < 1.29 is 9.15 Å². The summed E-state index contributed by atoms with van der Waals surface area (Å²) < 4.78 is 10.9. The Morgan fingerprint density at radius 3 is 2.80 bits per heavy atom. The molecule has 2 aromatic heterocycles. The highest BCUT2D eigenvalue weighted by atomic mass is 16.5. The van der Waals surface area contributed by atoms with E-state index in [2.05, 4.69) is 29.4 Å². The highest BCUT2D eigenvalue weighted by molar-refractivity contribution is 5.19. The van der Waals surface area contributed by atoms with E-state index in [1.54, 1.807) is 7.11 Å². The van der Waals surface area contributed by atoms with Gasteiger partial charge in [-0.05, 0) is 30.0 Å². The summed E-state index contributed by atoms with van der Waals surface area (Å²) in [7, 11) is 1.62. The van der Waals surface area contributed by atoms with Crippen LogP contribution in [0.5, 0.6) is 5.88 Å². The Morgan fingerprint density at radius 2 is 2.15 bits per heavy atom. The number of nitrogens with zero attached hydrogens (tertiary/aromatic N) is 1. The minimum Gasteiger partial charge on any atom is -0.481 e. The predicted molar refractivity (Wildman–Crippen MR) is 76.6 cm³/mol. The SMILES string of the molecule is COc1ccc(CNCc2ccc(C3CC3C)o2)cn1. The van der Waals surface area contributed by atoms with Gasteiger partial charge in [0, 0.05) is 24.7 Å². The number of hydrogen-bond donors (Lipinski definition) is 1. The first kappa shape index (κ1) is 13.2. The molecule has 0 spiro atoms. The average Bonchev–Trinajstić information content (AvgIpc) is 3.01. The van der Waals surface area contributed by atoms with E-state index < -0.39 is 0 Å². The van der Waals surface area contributed by atoms with Crippen LogP contribution in [0.4, 0.5) is 0 Å². The lowest BCUT2D eigenvalue weighted by atomic mass is 10.2. The van der Waals surface area contributed by atoms with Crippen LogP contribution in [0, 0.1) is 5.92 Å². The smallest absolute Gasteiger partial charge is 0.212 e. The van der Waals surface area contributed by atoms with Gasteiger partial charge in [0.05, 0.1) is 13.7 Å². The number of hydrogen-bond acceptors (Lipinski definition) is 4. The largest absolute Gasteiger partial charge is 0.481 e. The molecule has 2 unspecified atom stereocenters. The van der Waals surface area contributed by atoms with Gasteiger partial charge in [0.25, 0.3) is 0 Å². The molecule has 1 aliphatic carbocycles. The Kier molecular flexibility index (Phi) is 3.74. The van der Waals surface area contributed by atoms with Crippen molar-refractivity contribution in [3.8, 4) is 5.88 Å².